The number of carbonyl (C=O) groups is 1. The molecule has 0 aliphatic rings. The molecule has 0 fully saturated rings. The van der Waals surface area contributed by atoms with Crippen molar-refractivity contribution in [2.24, 2.45) is 0 Å². The van der Waals surface area contributed by atoms with E-state index in [2.05, 4.69) is 5.32 Å². The lowest BCUT2D eigenvalue weighted by Crippen LogP contribution is -2.29. The summed E-state index contributed by atoms with van der Waals surface area (Å²) in [5.74, 6) is -1.38. The quantitative estimate of drug-likeness (QED) is 0.874. The number of sulfone groups is 1. The number of halogens is 1. The van der Waals surface area contributed by atoms with Gasteiger partial charge in [-0.1, -0.05) is 11.6 Å². The molecule has 0 unspecified atom stereocenters. The van der Waals surface area contributed by atoms with Gasteiger partial charge in [-0.15, -0.1) is 0 Å². The first-order chi connectivity index (χ1) is 7.79. The molecule has 0 atom stereocenters. The third kappa shape index (κ3) is 4.52. The number of amides is 1. The van der Waals surface area contributed by atoms with Gasteiger partial charge in [0.2, 0.25) is 0 Å². The smallest absolute Gasteiger partial charge is 0.254 e. The van der Waals surface area contributed by atoms with Crippen molar-refractivity contribution in [2.45, 2.75) is 6.92 Å². The molecule has 0 heterocycles. The third-order valence-electron chi connectivity index (χ3n) is 2.12. The standard InChI is InChI=1S/C11H14FNO3S/c1-8-3-4-10(12)9(7-8)11(14)13-5-6-17(2,15)16/h3-4,7H,5-6H2,1-2H3,(H,13,14). The maximum Gasteiger partial charge on any atom is 0.254 e. The van der Waals surface area contributed by atoms with Gasteiger partial charge < -0.3 is 5.32 Å². The lowest BCUT2D eigenvalue weighted by molar-refractivity contribution is 0.0952. The van der Waals surface area contributed by atoms with E-state index in [0.717, 1.165) is 11.8 Å². The lowest BCUT2D eigenvalue weighted by atomic mass is 10.1. The second kappa shape index (κ2) is 5.27. The highest BCUT2D eigenvalue weighted by atomic mass is 32.2. The van der Waals surface area contributed by atoms with Gasteiger partial charge in [0.05, 0.1) is 11.3 Å². The van der Waals surface area contributed by atoms with Crippen LogP contribution in [0.1, 0.15) is 15.9 Å². The predicted octanol–water partition coefficient (Wildman–Crippen LogP) is 0.909. The second-order valence-corrected chi connectivity index (χ2v) is 6.13. The van der Waals surface area contributed by atoms with Gasteiger partial charge >= 0.3 is 0 Å². The highest BCUT2D eigenvalue weighted by Crippen LogP contribution is 2.09. The largest absolute Gasteiger partial charge is 0.351 e. The minimum absolute atomic E-state index is 0.0228. The summed E-state index contributed by atoms with van der Waals surface area (Å²) in [6.07, 6.45) is 1.08. The van der Waals surface area contributed by atoms with Gasteiger partial charge in [0.1, 0.15) is 15.7 Å². The highest BCUT2D eigenvalue weighted by Gasteiger charge is 2.12. The Bertz CT molecular complexity index is 526. The van der Waals surface area contributed by atoms with Crippen molar-refractivity contribution in [3.8, 4) is 0 Å². The maximum absolute atomic E-state index is 13.3. The van der Waals surface area contributed by atoms with Gasteiger partial charge in [-0.2, -0.15) is 0 Å². The van der Waals surface area contributed by atoms with Crippen LogP contribution in [0.15, 0.2) is 18.2 Å². The zero-order valence-corrected chi connectivity index (χ0v) is 10.5. The molecule has 1 N–H and O–H groups in total. The minimum atomic E-state index is -3.13. The van der Waals surface area contributed by atoms with Crippen molar-refractivity contribution < 1.29 is 17.6 Å². The average molecular weight is 259 g/mol. The first kappa shape index (κ1) is 13.6. The van der Waals surface area contributed by atoms with Crippen molar-refractivity contribution >= 4 is 15.7 Å². The van der Waals surface area contributed by atoms with Crippen LogP contribution in [0.3, 0.4) is 0 Å². The topological polar surface area (TPSA) is 63.2 Å². The number of hydrogen-bond donors (Lipinski definition) is 1. The Morgan fingerprint density at radius 3 is 2.65 bits per heavy atom. The van der Waals surface area contributed by atoms with E-state index in [4.69, 9.17) is 0 Å². The van der Waals surface area contributed by atoms with Gasteiger partial charge in [-0.05, 0) is 19.1 Å². The third-order valence-corrected chi connectivity index (χ3v) is 3.07. The highest BCUT2D eigenvalue weighted by molar-refractivity contribution is 7.90. The summed E-state index contributed by atoms with van der Waals surface area (Å²) in [7, 11) is -3.13. The Balaban J connectivity index is 2.67. The van der Waals surface area contributed by atoms with Crippen LogP contribution in [0.25, 0.3) is 0 Å². The molecule has 0 aromatic heterocycles. The fourth-order valence-electron chi connectivity index (χ4n) is 1.26. The Hall–Kier alpha value is -1.43. The molecule has 6 heteroatoms. The molecule has 0 saturated carbocycles. The molecular weight excluding hydrogens is 245 g/mol. The minimum Gasteiger partial charge on any atom is -0.351 e. The van der Waals surface area contributed by atoms with Crippen molar-refractivity contribution in [3.05, 3.63) is 35.1 Å². The summed E-state index contributed by atoms with van der Waals surface area (Å²) >= 11 is 0. The van der Waals surface area contributed by atoms with Gasteiger partial charge in [0.25, 0.3) is 5.91 Å². The summed E-state index contributed by atoms with van der Waals surface area (Å²) < 4.78 is 35.0. The molecule has 1 rings (SSSR count). The molecule has 0 bridgehead atoms. The molecule has 4 nitrogen and oxygen atoms in total. The first-order valence-corrected chi connectivity index (χ1v) is 7.08. The molecule has 0 saturated heterocycles. The van der Waals surface area contributed by atoms with E-state index in [0.29, 0.717) is 0 Å². The fraction of sp³-hybridized carbons (Fsp3) is 0.364. The zero-order chi connectivity index (χ0) is 13.1. The SMILES string of the molecule is Cc1ccc(F)c(C(=O)NCCS(C)(=O)=O)c1. The number of hydrogen-bond acceptors (Lipinski definition) is 3. The summed E-state index contributed by atoms with van der Waals surface area (Å²) in [5.41, 5.74) is 0.693. The summed E-state index contributed by atoms with van der Waals surface area (Å²) in [6.45, 7) is 1.72. The number of rotatable bonds is 4. The van der Waals surface area contributed by atoms with Crippen molar-refractivity contribution in [1.29, 1.82) is 0 Å². The van der Waals surface area contributed by atoms with E-state index in [1.54, 1.807) is 13.0 Å². The van der Waals surface area contributed by atoms with Gasteiger partial charge in [0.15, 0.2) is 0 Å². The maximum atomic E-state index is 13.3. The van der Waals surface area contributed by atoms with E-state index >= 15 is 0 Å². The van der Waals surface area contributed by atoms with Crippen LogP contribution in [-0.2, 0) is 9.84 Å². The predicted molar refractivity (Wildman–Crippen MR) is 63.2 cm³/mol. The number of aryl methyl sites for hydroxylation is 1. The van der Waals surface area contributed by atoms with E-state index < -0.39 is 21.6 Å². The van der Waals surface area contributed by atoms with Crippen LogP contribution in [-0.4, -0.2) is 32.9 Å². The van der Waals surface area contributed by atoms with E-state index in [1.165, 1.54) is 12.1 Å². The lowest BCUT2D eigenvalue weighted by Gasteiger charge is -2.06. The number of nitrogens with one attached hydrogen (secondary N) is 1. The Morgan fingerprint density at radius 1 is 1.41 bits per heavy atom. The Morgan fingerprint density at radius 2 is 2.06 bits per heavy atom. The zero-order valence-electron chi connectivity index (χ0n) is 9.66. The van der Waals surface area contributed by atoms with E-state index in [1.807, 2.05) is 0 Å². The van der Waals surface area contributed by atoms with E-state index in [9.17, 15) is 17.6 Å². The normalized spacial score (nSPS) is 11.2. The summed E-state index contributed by atoms with van der Waals surface area (Å²) in [5, 5.41) is 2.37. The van der Waals surface area contributed by atoms with Gasteiger partial charge in [-0.25, -0.2) is 12.8 Å². The first-order valence-electron chi connectivity index (χ1n) is 5.01. The molecule has 0 aliphatic carbocycles. The molecule has 1 amide bonds. The van der Waals surface area contributed by atoms with Crippen molar-refractivity contribution in [1.82, 2.24) is 5.32 Å². The monoisotopic (exact) mass is 259 g/mol. The second-order valence-electron chi connectivity index (χ2n) is 3.87. The van der Waals surface area contributed by atoms with Crippen LogP contribution < -0.4 is 5.32 Å². The van der Waals surface area contributed by atoms with Gasteiger partial charge in [-0.3, -0.25) is 4.79 Å². The molecule has 94 valence electrons. The molecule has 1 aromatic rings. The van der Waals surface area contributed by atoms with Crippen LogP contribution in [0, 0.1) is 12.7 Å². The van der Waals surface area contributed by atoms with Crippen LogP contribution in [0.5, 0.6) is 0 Å². The molecule has 0 radical (unpaired) electrons. The van der Waals surface area contributed by atoms with Crippen LogP contribution >= 0.6 is 0 Å². The van der Waals surface area contributed by atoms with Crippen LogP contribution in [0.4, 0.5) is 4.39 Å². The fourth-order valence-corrected chi connectivity index (χ4v) is 1.73. The average Bonchev–Trinajstić information content (AvgIpc) is 2.19. The summed E-state index contributed by atoms with van der Waals surface area (Å²) in [4.78, 5) is 11.6. The molecule has 17 heavy (non-hydrogen) atoms. The van der Waals surface area contributed by atoms with E-state index in [-0.39, 0.29) is 17.9 Å². The van der Waals surface area contributed by atoms with Gasteiger partial charge in [0, 0.05) is 12.8 Å². The molecular formula is C11H14FNO3S. The Kier molecular flexibility index (Phi) is 4.22. The number of carbonyl (C=O) groups excluding carboxylic acids is 1. The molecule has 1 aromatic carbocycles. The van der Waals surface area contributed by atoms with Crippen molar-refractivity contribution in [3.63, 3.8) is 0 Å². The molecule has 0 aliphatic heterocycles. The Labute approximate surface area is 99.8 Å². The summed E-state index contributed by atoms with van der Waals surface area (Å²) in [6, 6.07) is 4.19. The van der Waals surface area contributed by atoms with Crippen LogP contribution in [0.2, 0.25) is 0 Å². The van der Waals surface area contributed by atoms with Crippen molar-refractivity contribution in [2.75, 3.05) is 18.6 Å². The number of benzene rings is 1. The molecule has 0 spiro atoms.